The monoisotopic (exact) mass is 370 g/mol. The lowest BCUT2D eigenvalue weighted by Gasteiger charge is -2.44. The van der Waals surface area contributed by atoms with Gasteiger partial charge in [0, 0.05) is 17.4 Å². The van der Waals surface area contributed by atoms with E-state index in [4.69, 9.17) is 5.73 Å². The molecule has 2 atom stereocenters. The third-order valence-corrected chi connectivity index (χ3v) is 6.14. The Morgan fingerprint density at radius 2 is 2.29 bits per heavy atom. The molecule has 2 amide bonds. The van der Waals surface area contributed by atoms with Gasteiger partial charge in [-0.1, -0.05) is 11.8 Å². The van der Waals surface area contributed by atoms with Gasteiger partial charge in [0.15, 0.2) is 0 Å². The zero-order valence-electron chi connectivity index (χ0n) is 12.4. The van der Waals surface area contributed by atoms with Crippen LogP contribution in [-0.4, -0.2) is 64.4 Å². The van der Waals surface area contributed by atoms with Crippen LogP contribution in [0.1, 0.15) is 12.8 Å². The normalized spacial score (nSPS) is 22.6. The number of carboxylic acid groups (broad SMARTS) is 1. The van der Waals surface area contributed by atoms with Gasteiger partial charge in [-0.2, -0.15) is 0 Å². The molecule has 0 radical (unpaired) electrons. The highest BCUT2D eigenvalue weighted by molar-refractivity contribution is 8.03. The van der Waals surface area contributed by atoms with Gasteiger partial charge in [-0.3, -0.25) is 14.5 Å². The summed E-state index contributed by atoms with van der Waals surface area (Å²) >= 11 is 2.91. The predicted molar refractivity (Wildman–Crippen MR) is 84.7 cm³/mol. The Balaban J connectivity index is 1.64. The summed E-state index contributed by atoms with van der Waals surface area (Å²) < 4.78 is 1.49. The fourth-order valence-electron chi connectivity index (χ4n) is 2.36. The van der Waals surface area contributed by atoms with Crippen molar-refractivity contribution < 1.29 is 19.5 Å². The molecule has 3 rings (SSSR count). The topological polar surface area (TPSA) is 144 Å². The minimum Gasteiger partial charge on any atom is -0.477 e. The van der Waals surface area contributed by atoms with E-state index in [1.54, 1.807) is 17.8 Å². The molecule has 1 unspecified atom stereocenters. The molecule has 2 aliphatic heterocycles. The fraction of sp³-hybridized carbons (Fsp3) is 0.500. The number of carbonyl (C=O) groups is 3. The van der Waals surface area contributed by atoms with Crippen molar-refractivity contribution in [3.8, 4) is 0 Å². The molecule has 0 spiro atoms. The third-order valence-electron chi connectivity index (χ3n) is 3.51. The van der Waals surface area contributed by atoms with Crippen LogP contribution in [0.3, 0.4) is 0 Å². The van der Waals surface area contributed by atoms with Crippen molar-refractivity contribution in [3.63, 3.8) is 0 Å². The number of aromatic nitrogens is 4. The molecule has 10 nitrogen and oxygen atoms in total. The maximum atomic E-state index is 11.5. The minimum atomic E-state index is -1.10. The number of fused-ring (bicyclic) bond motifs is 1. The fourth-order valence-corrected chi connectivity index (χ4v) is 4.86. The lowest BCUT2D eigenvalue weighted by Crippen LogP contribution is -2.54. The maximum Gasteiger partial charge on any atom is 0.352 e. The van der Waals surface area contributed by atoms with E-state index in [2.05, 4.69) is 15.5 Å². The number of hydrogen-bond acceptors (Lipinski definition) is 8. The van der Waals surface area contributed by atoms with Gasteiger partial charge in [-0.15, -0.1) is 16.9 Å². The van der Waals surface area contributed by atoms with Gasteiger partial charge in [0.2, 0.25) is 17.0 Å². The number of nitrogens with two attached hydrogens (primary N) is 1. The summed E-state index contributed by atoms with van der Waals surface area (Å²) in [5.74, 6) is -1.15. The number of carbonyl (C=O) groups excluding carboxylic acids is 2. The Morgan fingerprint density at radius 1 is 1.50 bits per heavy atom. The van der Waals surface area contributed by atoms with Crippen molar-refractivity contribution in [2.24, 2.45) is 5.73 Å². The lowest BCUT2D eigenvalue weighted by atomic mass is 10.1. The summed E-state index contributed by atoms with van der Waals surface area (Å²) in [6.07, 6.45) is 2.08. The number of β-lactam (4-membered cyclic amide) rings is 1. The maximum absolute atomic E-state index is 11.5. The zero-order chi connectivity index (χ0) is 17.3. The van der Waals surface area contributed by atoms with Gasteiger partial charge in [0.25, 0.3) is 0 Å². The van der Waals surface area contributed by atoms with E-state index in [1.165, 1.54) is 21.3 Å². The highest BCUT2D eigenvalue weighted by Crippen LogP contribution is 2.41. The largest absolute Gasteiger partial charge is 0.477 e. The van der Waals surface area contributed by atoms with Crippen LogP contribution in [0.25, 0.3) is 0 Å². The number of nitrogens with zero attached hydrogens (tertiary/aromatic N) is 5. The first kappa shape index (κ1) is 16.8. The Labute approximate surface area is 144 Å². The predicted octanol–water partition coefficient (Wildman–Crippen LogP) is -0.717. The second kappa shape index (κ2) is 6.81. The smallest absolute Gasteiger partial charge is 0.352 e. The summed E-state index contributed by atoms with van der Waals surface area (Å²) in [5, 5.41) is 20.9. The average molecular weight is 370 g/mol. The summed E-state index contributed by atoms with van der Waals surface area (Å²) in [4.78, 5) is 35.0. The molecule has 3 heterocycles. The second-order valence-electron chi connectivity index (χ2n) is 5.17. The van der Waals surface area contributed by atoms with Crippen molar-refractivity contribution in [3.05, 3.63) is 11.8 Å². The molecular formula is C12H14N6O4S2. The number of hydrogen-bond donors (Lipinski definition) is 2. The standard InChI is InChI=1S/C12H14N6O4S2/c13-8(19)1-2-17-12(14-15-16-17)23-5-6-3-7(11(21)22)18-9(20)4-10(18)24-6/h3,6,10H,1-2,4-5H2,(H2,13,19)(H,21,22)/t6?,10-/m1/s1. The molecule has 12 heteroatoms. The van der Waals surface area contributed by atoms with Gasteiger partial charge >= 0.3 is 5.97 Å². The molecule has 0 saturated carbocycles. The van der Waals surface area contributed by atoms with E-state index in [0.717, 1.165) is 0 Å². The van der Waals surface area contributed by atoms with Crippen molar-refractivity contribution >= 4 is 41.3 Å². The molecule has 1 aromatic heterocycles. The number of aryl methyl sites for hydroxylation is 1. The van der Waals surface area contributed by atoms with Crippen LogP contribution in [0.2, 0.25) is 0 Å². The van der Waals surface area contributed by atoms with E-state index in [0.29, 0.717) is 23.9 Å². The van der Waals surface area contributed by atoms with Crippen LogP contribution < -0.4 is 5.73 Å². The molecule has 2 aliphatic rings. The number of rotatable bonds is 7. The van der Waals surface area contributed by atoms with Crippen molar-refractivity contribution in [1.82, 2.24) is 25.1 Å². The van der Waals surface area contributed by atoms with Crippen LogP contribution in [0.5, 0.6) is 0 Å². The first-order chi connectivity index (χ1) is 11.5. The SMILES string of the molecule is NC(=O)CCn1nnnc1SCC1C=C(C(=O)O)N2C(=O)C[C@H]2S1. The highest BCUT2D eigenvalue weighted by Gasteiger charge is 2.45. The number of primary amides is 1. The molecule has 1 fully saturated rings. The molecule has 1 aromatic rings. The number of thioether (sulfide) groups is 2. The van der Waals surface area contributed by atoms with Crippen molar-refractivity contribution in [1.29, 1.82) is 0 Å². The van der Waals surface area contributed by atoms with Crippen LogP contribution in [0.15, 0.2) is 16.9 Å². The molecule has 0 aromatic carbocycles. The molecule has 3 N–H and O–H groups in total. The number of tetrazole rings is 1. The molecule has 0 bridgehead atoms. The molecule has 24 heavy (non-hydrogen) atoms. The Hall–Kier alpha value is -2.08. The van der Waals surface area contributed by atoms with Gasteiger partial charge in [0.1, 0.15) is 5.70 Å². The van der Waals surface area contributed by atoms with Crippen LogP contribution in [0, 0.1) is 0 Å². The lowest BCUT2D eigenvalue weighted by molar-refractivity contribution is -0.146. The van der Waals surface area contributed by atoms with Crippen LogP contribution >= 0.6 is 23.5 Å². The third kappa shape index (κ3) is 3.38. The Morgan fingerprint density at radius 3 is 2.96 bits per heavy atom. The first-order valence-electron chi connectivity index (χ1n) is 7.05. The number of aliphatic carboxylic acids is 1. The van der Waals surface area contributed by atoms with E-state index in [1.807, 2.05) is 0 Å². The Kier molecular flexibility index (Phi) is 4.76. The molecule has 0 aliphatic carbocycles. The van der Waals surface area contributed by atoms with E-state index < -0.39 is 11.9 Å². The summed E-state index contributed by atoms with van der Waals surface area (Å²) in [6.45, 7) is 0.295. The summed E-state index contributed by atoms with van der Waals surface area (Å²) in [6, 6.07) is 0. The van der Waals surface area contributed by atoms with Crippen LogP contribution in [-0.2, 0) is 20.9 Å². The zero-order valence-corrected chi connectivity index (χ0v) is 14.0. The van der Waals surface area contributed by atoms with Gasteiger partial charge in [-0.25, -0.2) is 9.48 Å². The molecular weight excluding hydrogens is 356 g/mol. The molecule has 1 saturated heterocycles. The second-order valence-corrected chi connectivity index (χ2v) is 7.58. The van der Waals surface area contributed by atoms with Gasteiger partial charge in [0.05, 0.1) is 18.3 Å². The average Bonchev–Trinajstić information content (AvgIpc) is 2.96. The van der Waals surface area contributed by atoms with Crippen LogP contribution in [0.4, 0.5) is 0 Å². The van der Waals surface area contributed by atoms with Gasteiger partial charge in [-0.05, 0) is 16.5 Å². The van der Waals surface area contributed by atoms with Crippen molar-refractivity contribution in [2.75, 3.05) is 5.75 Å². The number of carboxylic acids is 1. The highest BCUT2D eigenvalue weighted by atomic mass is 32.2. The molecule has 128 valence electrons. The van der Waals surface area contributed by atoms with E-state index in [9.17, 15) is 19.5 Å². The quantitative estimate of drug-likeness (QED) is 0.469. The van der Waals surface area contributed by atoms with E-state index >= 15 is 0 Å². The number of amides is 2. The summed E-state index contributed by atoms with van der Waals surface area (Å²) in [7, 11) is 0. The Bertz CT molecular complexity index is 720. The van der Waals surface area contributed by atoms with Crippen molar-refractivity contribution in [2.45, 2.75) is 35.2 Å². The van der Waals surface area contributed by atoms with E-state index in [-0.39, 0.29) is 28.6 Å². The minimum absolute atomic E-state index is 0.0360. The first-order valence-corrected chi connectivity index (χ1v) is 8.98. The summed E-state index contributed by atoms with van der Waals surface area (Å²) in [5.41, 5.74) is 5.15. The van der Waals surface area contributed by atoms with Gasteiger partial charge < -0.3 is 10.8 Å².